The summed E-state index contributed by atoms with van der Waals surface area (Å²) in [5.74, 6) is 0. The lowest BCUT2D eigenvalue weighted by molar-refractivity contribution is 1.08. The topological polar surface area (TPSA) is 41.1 Å². The number of aromatic nitrogens is 2. The molecule has 3 rings (SSSR count). The van der Waals surface area contributed by atoms with Crippen LogP contribution in [-0.4, -0.2) is 9.38 Å². The van der Waals surface area contributed by atoms with Crippen LogP contribution in [0.3, 0.4) is 0 Å². The van der Waals surface area contributed by atoms with Crippen LogP contribution in [0.1, 0.15) is 5.69 Å². The van der Waals surface area contributed by atoms with Gasteiger partial charge in [0.2, 0.25) is 0 Å². The molecule has 0 radical (unpaired) electrons. The fraction of sp³-hybridized carbons (Fsp3) is 0.0769. The molecule has 0 saturated heterocycles. The zero-order valence-electron chi connectivity index (χ0n) is 9.00. The fourth-order valence-electron chi connectivity index (χ4n) is 1.88. The summed E-state index contributed by atoms with van der Waals surface area (Å²) in [4.78, 5) is 5.25. The Morgan fingerprint density at radius 1 is 1.29 bits per heavy atom. The van der Waals surface area contributed by atoms with E-state index in [0.717, 1.165) is 21.9 Å². The number of nitriles is 1. The van der Waals surface area contributed by atoms with E-state index in [1.165, 1.54) is 0 Å². The summed E-state index contributed by atoms with van der Waals surface area (Å²) in [6.07, 6.45) is 2.17. The normalized spacial score (nSPS) is 10.5. The van der Waals surface area contributed by atoms with Gasteiger partial charge in [0.05, 0.1) is 30.1 Å². The van der Waals surface area contributed by atoms with Crippen LogP contribution < -0.4 is 0 Å². The Morgan fingerprint density at radius 2 is 2.12 bits per heavy atom. The molecule has 3 aromatic rings. The fourth-order valence-corrected chi connectivity index (χ4v) is 2.78. The van der Waals surface area contributed by atoms with Gasteiger partial charge in [-0.1, -0.05) is 30.3 Å². The van der Waals surface area contributed by atoms with Crippen molar-refractivity contribution in [2.45, 2.75) is 6.42 Å². The molecular weight excluding hydrogens is 230 g/mol. The van der Waals surface area contributed by atoms with Crippen LogP contribution in [0.2, 0.25) is 0 Å². The Bertz CT molecular complexity index is 688. The van der Waals surface area contributed by atoms with Crippen molar-refractivity contribution in [3.63, 3.8) is 0 Å². The van der Waals surface area contributed by atoms with E-state index in [4.69, 9.17) is 5.26 Å². The number of rotatable bonds is 2. The van der Waals surface area contributed by atoms with Crippen molar-refractivity contribution in [2.24, 2.45) is 0 Å². The summed E-state index contributed by atoms with van der Waals surface area (Å²) >= 11 is 1.60. The number of nitrogens with zero attached hydrogens (tertiary/aromatic N) is 3. The van der Waals surface area contributed by atoms with E-state index in [1.54, 1.807) is 17.5 Å². The first-order chi connectivity index (χ1) is 8.40. The Labute approximate surface area is 103 Å². The van der Waals surface area contributed by atoms with Crippen LogP contribution in [0.15, 0.2) is 41.9 Å². The van der Waals surface area contributed by atoms with Crippen molar-refractivity contribution in [2.75, 3.05) is 0 Å². The van der Waals surface area contributed by atoms with Gasteiger partial charge in [-0.3, -0.25) is 4.40 Å². The number of thiazole rings is 1. The number of hydrogen-bond donors (Lipinski definition) is 0. The number of fused-ring (bicyclic) bond motifs is 1. The van der Waals surface area contributed by atoms with Crippen molar-refractivity contribution in [1.29, 1.82) is 5.26 Å². The first-order valence-corrected chi connectivity index (χ1v) is 6.14. The third-order valence-electron chi connectivity index (χ3n) is 2.65. The molecule has 0 aliphatic carbocycles. The highest BCUT2D eigenvalue weighted by atomic mass is 32.1. The van der Waals surface area contributed by atoms with E-state index in [-0.39, 0.29) is 0 Å². The van der Waals surface area contributed by atoms with E-state index in [0.29, 0.717) is 6.42 Å². The molecule has 0 aliphatic heterocycles. The van der Waals surface area contributed by atoms with Crippen molar-refractivity contribution in [3.05, 3.63) is 47.6 Å². The minimum Gasteiger partial charge on any atom is -0.286 e. The average Bonchev–Trinajstić information content (AvgIpc) is 2.94. The van der Waals surface area contributed by atoms with E-state index in [2.05, 4.69) is 33.0 Å². The van der Waals surface area contributed by atoms with E-state index < -0.39 is 0 Å². The number of imidazole rings is 1. The third-order valence-corrected chi connectivity index (χ3v) is 3.49. The number of benzene rings is 1. The Hall–Kier alpha value is -2.12. The van der Waals surface area contributed by atoms with Gasteiger partial charge in [-0.05, 0) is 5.56 Å². The molecule has 0 N–H and O–H groups in total. The largest absolute Gasteiger partial charge is 0.286 e. The zero-order valence-corrected chi connectivity index (χ0v) is 9.81. The summed E-state index contributed by atoms with van der Waals surface area (Å²) in [7, 11) is 0. The van der Waals surface area contributed by atoms with E-state index >= 15 is 0 Å². The molecule has 1 aromatic carbocycles. The van der Waals surface area contributed by atoms with Crippen molar-refractivity contribution < 1.29 is 0 Å². The number of hydrogen-bond acceptors (Lipinski definition) is 3. The van der Waals surface area contributed by atoms with Gasteiger partial charge in [-0.25, -0.2) is 4.98 Å². The summed E-state index contributed by atoms with van der Waals surface area (Å²) in [5.41, 5.74) is 3.20. The summed E-state index contributed by atoms with van der Waals surface area (Å²) in [6.45, 7) is 0. The molecule has 0 aliphatic rings. The second-order valence-electron chi connectivity index (χ2n) is 3.69. The molecule has 0 amide bonds. The van der Waals surface area contributed by atoms with Crippen LogP contribution in [0.25, 0.3) is 16.2 Å². The molecule has 0 atom stereocenters. The standard InChI is InChI=1S/C13H9N3S/c14-7-6-11-8-15-13-16(11)12(9-17-13)10-4-2-1-3-5-10/h1-5,8-9H,6H2. The van der Waals surface area contributed by atoms with Crippen molar-refractivity contribution in [1.82, 2.24) is 9.38 Å². The molecule has 0 fully saturated rings. The maximum absolute atomic E-state index is 8.81. The van der Waals surface area contributed by atoms with Gasteiger partial charge in [0.25, 0.3) is 0 Å². The highest BCUT2D eigenvalue weighted by molar-refractivity contribution is 7.15. The molecule has 0 bridgehead atoms. The molecule has 0 unspecified atom stereocenters. The minimum atomic E-state index is 0.387. The third kappa shape index (κ3) is 1.61. The van der Waals surface area contributed by atoms with Crippen molar-refractivity contribution >= 4 is 16.3 Å². The maximum Gasteiger partial charge on any atom is 0.194 e. The smallest absolute Gasteiger partial charge is 0.194 e. The Kier molecular flexibility index (Phi) is 2.39. The molecule has 2 heterocycles. The Morgan fingerprint density at radius 3 is 2.88 bits per heavy atom. The second-order valence-corrected chi connectivity index (χ2v) is 4.53. The Balaban J connectivity index is 2.24. The predicted molar refractivity (Wildman–Crippen MR) is 67.8 cm³/mol. The van der Waals surface area contributed by atoms with Crippen LogP contribution in [0.5, 0.6) is 0 Å². The lowest BCUT2D eigenvalue weighted by Crippen LogP contribution is -1.92. The maximum atomic E-state index is 8.81. The molecule has 2 aromatic heterocycles. The average molecular weight is 239 g/mol. The van der Waals surface area contributed by atoms with Gasteiger partial charge in [-0.15, -0.1) is 11.3 Å². The molecule has 3 nitrogen and oxygen atoms in total. The van der Waals surface area contributed by atoms with Crippen LogP contribution in [0.4, 0.5) is 0 Å². The van der Waals surface area contributed by atoms with E-state index in [1.807, 2.05) is 18.2 Å². The molecule has 82 valence electrons. The summed E-state index contributed by atoms with van der Waals surface area (Å²) in [6, 6.07) is 12.3. The van der Waals surface area contributed by atoms with Gasteiger partial charge in [0.15, 0.2) is 4.96 Å². The second kappa shape index (κ2) is 4.04. The summed E-state index contributed by atoms with van der Waals surface area (Å²) < 4.78 is 2.06. The van der Waals surface area contributed by atoms with Gasteiger partial charge < -0.3 is 0 Å². The van der Waals surface area contributed by atoms with Gasteiger partial charge >= 0.3 is 0 Å². The predicted octanol–water partition coefficient (Wildman–Crippen LogP) is 3.13. The molecule has 0 spiro atoms. The SMILES string of the molecule is N#CCc1cnc2scc(-c3ccccc3)n12. The van der Waals surface area contributed by atoms with Gasteiger partial charge in [-0.2, -0.15) is 5.26 Å². The first-order valence-electron chi connectivity index (χ1n) is 5.26. The first kappa shape index (κ1) is 10.1. The van der Waals surface area contributed by atoms with Crippen molar-refractivity contribution in [3.8, 4) is 17.3 Å². The quantitative estimate of drug-likeness (QED) is 0.689. The van der Waals surface area contributed by atoms with Gasteiger partial charge in [0, 0.05) is 5.38 Å². The molecule has 17 heavy (non-hydrogen) atoms. The van der Waals surface area contributed by atoms with Crippen LogP contribution in [0, 0.1) is 11.3 Å². The molecular formula is C13H9N3S. The summed E-state index contributed by atoms with van der Waals surface area (Å²) in [5, 5.41) is 10.9. The molecule has 4 heteroatoms. The lowest BCUT2D eigenvalue weighted by Gasteiger charge is -2.01. The van der Waals surface area contributed by atoms with Gasteiger partial charge in [0.1, 0.15) is 0 Å². The zero-order chi connectivity index (χ0) is 11.7. The highest BCUT2D eigenvalue weighted by Gasteiger charge is 2.10. The lowest BCUT2D eigenvalue weighted by atomic mass is 10.2. The van der Waals surface area contributed by atoms with E-state index in [9.17, 15) is 0 Å². The monoisotopic (exact) mass is 239 g/mol. The molecule has 0 saturated carbocycles. The highest BCUT2D eigenvalue weighted by Crippen LogP contribution is 2.27. The minimum absolute atomic E-state index is 0.387. The van der Waals surface area contributed by atoms with Crippen LogP contribution >= 0.6 is 11.3 Å². The van der Waals surface area contributed by atoms with Crippen LogP contribution in [-0.2, 0) is 6.42 Å².